The van der Waals surface area contributed by atoms with Crippen molar-refractivity contribution in [1.29, 1.82) is 0 Å². The van der Waals surface area contributed by atoms with Gasteiger partial charge in [0.05, 0.1) is 5.92 Å². The first-order valence-electron chi connectivity index (χ1n) is 7.69. The van der Waals surface area contributed by atoms with Crippen molar-refractivity contribution >= 4 is 17.8 Å². The largest absolute Gasteiger partial charge is 0.481 e. The molecule has 6 nitrogen and oxygen atoms in total. The van der Waals surface area contributed by atoms with Crippen LogP contribution in [0.1, 0.15) is 52.9 Å². The minimum atomic E-state index is -0.930. The maximum atomic E-state index is 12.0. The van der Waals surface area contributed by atoms with Crippen LogP contribution in [0, 0.1) is 5.92 Å². The van der Waals surface area contributed by atoms with Crippen LogP contribution >= 0.6 is 0 Å². The van der Waals surface area contributed by atoms with Gasteiger partial charge in [-0.25, -0.2) is 0 Å². The Hall–Kier alpha value is -1.59. The van der Waals surface area contributed by atoms with Gasteiger partial charge in [-0.15, -0.1) is 0 Å². The lowest BCUT2D eigenvalue weighted by molar-refractivity contribution is -0.141. The van der Waals surface area contributed by atoms with E-state index in [9.17, 15) is 14.4 Å². The van der Waals surface area contributed by atoms with Gasteiger partial charge in [-0.05, 0) is 19.3 Å². The Morgan fingerprint density at radius 1 is 1.10 bits per heavy atom. The third-order valence-corrected chi connectivity index (χ3v) is 3.16. The van der Waals surface area contributed by atoms with E-state index < -0.39 is 11.9 Å². The number of aliphatic carboxylic acids is 1. The van der Waals surface area contributed by atoms with Crippen molar-refractivity contribution in [2.24, 2.45) is 5.92 Å². The number of rotatable bonds is 11. The summed E-state index contributed by atoms with van der Waals surface area (Å²) in [5.41, 5.74) is 0. The minimum absolute atomic E-state index is 0.0883. The first-order chi connectivity index (χ1) is 9.92. The molecule has 0 aliphatic rings. The summed E-state index contributed by atoms with van der Waals surface area (Å²) in [7, 11) is 0. The van der Waals surface area contributed by atoms with E-state index >= 15 is 0 Å². The van der Waals surface area contributed by atoms with Crippen LogP contribution in [0.5, 0.6) is 0 Å². The van der Waals surface area contributed by atoms with E-state index in [-0.39, 0.29) is 24.8 Å². The molecule has 0 aromatic heterocycles. The average Bonchev–Trinajstić information content (AvgIpc) is 2.44. The summed E-state index contributed by atoms with van der Waals surface area (Å²) in [4.78, 5) is 36.0. The third kappa shape index (κ3) is 9.05. The number of carboxylic acid groups (broad SMARTS) is 1. The smallest absolute Gasteiger partial charge is 0.308 e. The number of carboxylic acids is 1. The molecule has 0 saturated heterocycles. The molecule has 0 aromatic carbocycles. The standard InChI is InChI=1S/C15H28N2O4/c1-4-9-17(10-5-2)14(19)8-6-7-13(18)16-11-12(3)15(20)21/h12H,4-11H2,1-3H3,(H,16,18)(H,20,21)/t12-/m1/s1. The van der Waals surface area contributed by atoms with E-state index in [0.717, 1.165) is 25.9 Å². The van der Waals surface area contributed by atoms with Gasteiger partial charge in [0, 0.05) is 32.5 Å². The number of amides is 2. The van der Waals surface area contributed by atoms with Gasteiger partial charge in [0.15, 0.2) is 0 Å². The molecule has 0 heterocycles. The Morgan fingerprint density at radius 3 is 2.14 bits per heavy atom. The van der Waals surface area contributed by atoms with Gasteiger partial charge in [0.2, 0.25) is 11.8 Å². The summed E-state index contributed by atoms with van der Waals surface area (Å²) in [5, 5.41) is 11.3. The summed E-state index contributed by atoms with van der Waals surface area (Å²) in [6, 6.07) is 0. The van der Waals surface area contributed by atoms with E-state index in [4.69, 9.17) is 5.11 Å². The van der Waals surface area contributed by atoms with Gasteiger partial charge < -0.3 is 15.3 Å². The zero-order valence-corrected chi connectivity index (χ0v) is 13.4. The highest BCUT2D eigenvalue weighted by molar-refractivity contribution is 5.79. The molecule has 0 aromatic rings. The van der Waals surface area contributed by atoms with E-state index in [1.54, 1.807) is 6.92 Å². The predicted octanol–water partition coefficient (Wildman–Crippen LogP) is 1.64. The Bertz CT molecular complexity index is 339. The third-order valence-electron chi connectivity index (χ3n) is 3.16. The van der Waals surface area contributed by atoms with Crippen molar-refractivity contribution in [3.05, 3.63) is 0 Å². The lowest BCUT2D eigenvalue weighted by atomic mass is 10.1. The fourth-order valence-electron chi connectivity index (χ4n) is 1.90. The van der Waals surface area contributed by atoms with Crippen molar-refractivity contribution in [3.8, 4) is 0 Å². The molecule has 122 valence electrons. The predicted molar refractivity (Wildman–Crippen MR) is 80.8 cm³/mol. The lowest BCUT2D eigenvalue weighted by Gasteiger charge is -2.21. The van der Waals surface area contributed by atoms with E-state index in [0.29, 0.717) is 12.8 Å². The van der Waals surface area contributed by atoms with Crippen molar-refractivity contribution in [2.45, 2.75) is 52.9 Å². The Labute approximate surface area is 126 Å². The molecule has 0 bridgehead atoms. The lowest BCUT2D eigenvalue weighted by Crippen LogP contribution is -2.33. The Kier molecular flexibility index (Phi) is 10.3. The zero-order chi connectivity index (χ0) is 16.3. The van der Waals surface area contributed by atoms with Crippen molar-refractivity contribution in [1.82, 2.24) is 10.2 Å². The number of carbonyl (C=O) groups is 3. The highest BCUT2D eigenvalue weighted by Gasteiger charge is 2.14. The number of carbonyl (C=O) groups excluding carboxylic acids is 2. The topological polar surface area (TPSA) is 86.7 Å². The molecule has 2 amide bonds. The van der Waals surface area contributed by atoms with Crippen molar-refractivity contribution in [2.75, 3.05) is 19.6 Å². The maximum absolute atomic E-state index is 12.0. The van der Waals surface area contributed by atoms with Gasteiger partial charge in [-0.2, -0.15) is 0 Å². The molecule has 0 fully saturated rings. The summed E-state index contributed by atoms with van der Waals surface area (Å²) >= 11 is 0. The van der Waals surface area contributed by atoms with Crippen LogP contribution in [-0.2, 0) is 14.4 Å². The highest BCUT2D eigenvalue weighted by atomic mass is 16.4. The molecule has 0 unspecified atom stereocenters. The Morgan fingerprint density at radius 2 is 1.67 bits per heavy atom. The quantitative estimate of drug-likeness (QED) is 0.607. The van der Waals surface area contributed by atoms with Crippen LogP contribution in [0.2, 0.25) is 0 Å². The van der Waals surface area contributed by atoms with Crippen molar-refractivity contribution in [3.63, 3.8) is 0 Å². The number of nitrogens with one attached hydrogen (secondary N) is 1. The second kappa shape index (κ2) is 11.1. The molecule has 0 spiro atoms. The monoisotopic (exact) mass is 300 g/mol. The second-order valence-electron chi connectivity index (χ2n) is 5.28. The van der Waals surface area contributed by atoms with Crippen molar-refractivity contribution < 1.29 is 19.5 Å². The van der Waals surface area contributed by atoms with E-state index in [1.165, 1.54) is 0 Å². The zero-order valence-electron chi connectivity index (χ0n) is 13.4. The molecule has 1 atom stereocenters. The normalized spacial score (nSPS) is 11.8. The van der Waals surface area contributed by atoms with Crippen LogP contribution in [0.4, 0.5) is 0 Å². The molecule has 0 aliphatic carbocycles. The van der Waals surface area contributed by atoms with Crippen LogP contribution in [0.25, 0.3) is 0 Å². The molecule has 2 N–H and O–H groups in total. The van der Waals surface area contributed by atoms with E-state index in [1.807, 2.05) is 18.7 Å². The molecule has 6 heteroatoms. The van der Waals surface area contributed by atoms with Gasteiger partial charge in [0.1, 0.15) is 0 Å². The van der Waals surface area contributed by atoms with Crippen LogP contribution in [-0.4, -0.2) is 47.4 Å². The number of nitrogens with zero attached hydrogens (tertiary/aromatic N) is 1. The van der Waals surface area contributed by atoms with Gasteiger partial charge >= 0.3 is 5.97 Å². The minimum Gasteiger partial charge on any atom is -0.481 e. The number of hydrogen-bond donors (Lipinski definition) is 2. The molecule has 21 heavy (non-hydrogen) atoms. The van der Waals surface area contributed by atoms with Crippen LogP contribution in [0.15, 0.2) is 0 Å². The second-order valence-corrected chi connectivity index (χ2v) is 5.28. The molecule has 0 rings (SSSR count). The first-order valence-corrected chi connectivity index (χ1v) is 7.69. The van der Waals surface area contributed by atoms with Gasteiger partial charge in [0.25, 0.3) is 0 Å². The molecule has 0 saturated carbocycles. The van der Waals surface area contributed by atoms with Gasteiger partial charge in [-0.3, -0.25) is 14.4 Å². The summed E-state index contributed by atoms with van der Waals surface area (Å²) in [6.07, 6.45) is 2.97. The first kappa shape index (κ1) is 19.4. The van der Waals surface area contributed by atoms with Crippen LogP contribution in [0.3, 0.4) is 0 Å². The summed E-state index contributed by atoms with van der Waals surface area (Å²) in [5.74, 6) is -1.64. The molecule has 0 aliphatic heterocycles. The Balaban J connectivity index is 3.93. The van der Waals surface area contributed by atoms with Crippen LogP contribution < -0.4 is 5.32 Å². The van der Waals surface area contributed by atoms with Gasteiger partial charge in [-0.1, -0.05) is 20.8 Å². The highest BCUT2D eigenvalue weighted by Crippen LogP contribution is 2.04. The maximum Gasteiger partial charge on any atom is 0.308 e. The fourth-order valence-corrected chi connectivity index (χ4v) is 1.90. The van der Waals surface area contributed by atoms with E-state index in [2.05, 4.69) is 5.32 Å². The number of hydrogen-bond acceptors (Lipinski definition) is 3. The fraction of sp³-hybridized carbons (Fsp3) is 0.800. The molecule has 0 radical (unpaired) electrons. The summed E-state index contributed by atoms with van der Waals surface area (Å²) < 4.78 is 0. The molecular formula is C15H28N2O4. The SMILES string of the molecule is CCCN(CCC)C(=O)CCCC(=O)NC[C@@H](C)C(=O)O. The molecular weight excluding hydrogens is 272 g/mol. The summed E-state index contributed by atoms with van der Waals surface area (Å²) in [6.45, 7) is 7.25. The average molecular weight is 300 g/mol.